The number of allylic oxidation sites excluding steroid dienone is 2. The molecule has 4 rings (SSSR count). The number of oxazole rings is 1. The number of carbonyl (C=O) groups is 2. The summed E-state index contributed by atoms with van der Waals surface area (Å²) in [7, 11) is 0. The molecule has 0 unspecified atom stereocenters. The molecule has 2 aromatic rings. The number of hydrogen-bond acceptors (Lipinski definition) is 4. The molecule has 2 heterocycles. The maximum Gasteiger partial charge on any atom is 0.253 e. The first kappa shape index (κ1) is 18.7. The molecule has 1 aromatic heterocycles. The zero-order chi connectivity index (χ0) is 20.2. The third-order valence-corrected chi connectivity index (χ3v) is 6.17. The Morgan fingerprint density at radius 3 is 2.61 bits per heavy atom. The monoisotopic (exact) mass is 378 g/mol. The predicted molar refractivity (Wildman–Crippen MR) is 107 cm³/mol. The van der Waals surface area contributed by atoms with Crippen LogP contribution in [0.1, 0.15) is 45.9 Å². The molecule has 5 heteroatoms. The molecule has 1 aliphatic heterocycles. The van der Waals surface area contributed by atoms with Gasteiger partial charge in [0.2, 0.25) is 11.8 Å². The Bertz CT molecular complexity index is 973. The van der Waals surface area contributed by atoms with E-state index in [1.165, 1.54) is 11.0 Å². The van der Waals surface area contributed by atoms with Gasteiger partial charge in [-0.15, -0.1) is 0 Å². The van der Waals surface area contributed by atoms with Crippen LogP contribution in [0.25, 0.3) is 11.1 Å². The summed E-state index contributed by atoms with van der Waals surface area (Å²) >= 11 is 0. The highest BCUT2D eigenvalue weighted by Crippen LogP contribution is 2.58. The second-order valence-electron chi connectivity index (χ2n) is 9.27. The van der Waals surface area contributed by atoms with Crippen molar-refractivity contribution < 1.29 is 14.0 Å². The SMILES string of the molecule is C=C/C=C/C(=O)N1C[C@@]2(C)C[C@](C)(C[C@@](C)(c3nc4ccccc4o3)C2)C1=O. The number of imide groups is 1. The van der Waals surface area contributed by atoms with Gasteiger partial charge in [-0.25, -0.2) is 4.98 Å². The van der Waals surface area contributed by atoms with E-state index in [1.807, 2.05) is 31.2 Å². The van der Waals surface area contributed by atoms with Crippen LogP contribution in [0.3, 0.4) is 0 Å². The smallest absolute Gasteiger partial charge is 0.253 e. The normalized spacial score (nSPS) is 32.8. The summed E-state index contributed by atoms with van der Waals surface area (Å²) in [6.45, 7) is 10.3. The van der Waals surface area contributed by atoms with Gasteiger partial charge in [0.1, 0.15) is 5.52 Å². The van der Waals surface area contributed by atoms with Gasteiger partial charge in [-0.3, -0.25) is 14.5 Å². The molecule has 1 aromatic carbocycles. The van der Waals surface area contributed by atoms with E-state index in [9.17, 15) is 9.59 Å². The highest BCUT2D eigenvalue weighted by molar-refractivity contribution is 6.03. The topological polar surface area (TPSA) is 63.4 Å². The Morgan fingerprint density at radius 1 is 1.18 bits per heavy atom. The van der Waals surface area contributed by atoms with Crippen molar-refractivity contribution in [2.75, 3.05) is 6.54 Å². The third-order valence-electron chi connectivity index (χ3n) is 6.17. The number of rotatable bonds is 3. The Hall–Kier alpha value is -2.69. The van der Waals surface area contributed by atoms with Crippen LogP contribution < -0.4 is 0 Å². The molecule has 3 atom stereocenters. The van der Waals surface area contributed by atoms with Gasteiger partial charge in [0.15, 0.2) is 5.58 Å². The molecule has 5 nitrogen and oxygen atoms in total. The van der Waals surface area contributed by atoms with Crippen molar-refractivity contribution >= 4 is 22.9 Å². The zero-order valence-corrected chi connectivity index (χ0v) is 16.7. The summed E-state index contributed by atoms with van der Waals surface area (Å²) in [6.07, 6.45) is 6.72. The number of para-hydroxylation sites is 2. The van der Waals surface area contributed by atoms with Crippen molar-refractivity contribution in [3.05, 3.63) is 55.0 Å². The number of fused-ring (bicyclic) bond motifs is 3. The number of amides is 2. The minimum Gasteiger partial charge on any atom is -0.440 e. The number of piperidine rings is 1. The number of nitrogens with zero attached hydrogens (tertiary/aromatic N) is 2. The molecule has 1 aliphatic carbocycles. The summed E-state index contributed by atoms with van der Waals surface area (Å²) in [6, 6.07) is 7.73. The summed E-state index contributed by atoms with van der Waals surface area (Å²) in [5, 5.41) is 0. The molecule has 2 aliphatic rings. The zero-order valence-electron chi connectivity index (χ0n) is 16.7. The number of aromatic nitrogens is 1. The maximum absolute atomic E-state index is 13.3. The summed E-state index contributed by atoms with van der Waals surface area (Å²) < 4.78 is 6.10. The minimum atomic E-state index is -0.627. The highest BCUT2D eigenvalue weighted by atomic mass is 16.3. The molecule has 2 amide bonds. The van der Waals surface area contributed by atoms with Gasteiger partial charge < -0.3 is 4.42 Å². The molecular formula is C23H26N2O3. The fourth-order valence-electron chi connectivity index (χ4n) is 5.67. The average Bonchev–Trinajstić information content (AvgIpc) is 3.07. The van der Waals surface area contributed by atoms with Gasteiger partial charge in [-0.05, 0) is 36.8 Å². The van der Waals surface area contributed by atoms with Crippen molar-refractivity contribution in [2.45, 2.75) is 45.4 Å². The van der Waals surface area contributed by atoms with Crippen LogP contribution in [0.5, 0.6) is 0 Å². The summed E-state index contributed by atoms with van der Waals surface area (Å²) in [5.41, 5.74) is 0.430. The van der Waals surface area contributed by atoms with E-state index in [0.717, 1.165) is 23.9 Å². The number of benzene rings is 1. The van der Waals surface area contributed by atoms with E-state index in [0.29, 0.717) is 18.9 Å². The lowest BCUT2D eigenvalue weighted by atomic mass is 9.52. The van der Waals surface area contributed by atoms with Crippen LogP contribution in [0.15, 0.2) is 53.5 Å². The molecule has 0 spiro atoms. The Labute approximate surface area is 165 Å². The quantitative estimate of drug-likeness (QED) is 0.587. The van der Waals surface area contributed by atoms with E-state index in [1.54, 1.807) is 12.2 Å². The molecular weight excluding hydrogens is 352 g/mol. The lowest BCUT2D eigenvalue weighted by molar-refractivity contribution is -0.167. The predicted octanol–water partition coefficient (Wildman–Crippen LogP) is 4.39. The van der Waals surface area contributed by atoms with Gasteiger partial charge >= 0.3 is 0 Å². The van der Waals surface area contributed by atoms with Crippen LogP contribution in [0.2, 0.25) is 0 Å². The average molecular weight is 378 g/mol. The van der Waals surface area contributed by atoms with Crippen LogP contribution in [0.4, 0.5) is 0 Å². The molecule has 28 heavy (non-hydrogen) atoms. The number of likely N-dealkylation sites (tertiary alicyclic amines) is 1. The number of carbonyl (C=O) groups excluding carboxylic acids is 2. The molecule has 0 N–H and O–H groups in total. The Balaban J connectivity index is 1.72. The molecule has 1 saturated carbocycles. The molecule has 1 saturated heterocycles. The van der Waals surface area contributed by atoms with Crippen molar-refractivity contribution in [3.63, 3.8) is 0 Å². The van der Waals surface area contributed by atoms with Crippen LogP contribution in [-0.4, -0.2) is 28.2 Å². The molecule has 2 bridgehead atoms. The van der Waals surface area contributed by atoms with E-state index in [-0.39, 0.29) is 22.6 Å². The highest BCUT2D eigenvalue weighted by Gasteiger charge is 2.59. The van der Waals surface area contributed by atoms with Crippen molar-refractivity contribution in [2.24, 2.45) is 10.8 Å². The van der Waals surface area contributed by atoms with Gasteiger partial charge in [0.05, 0.1) is 0 Å². The van der Waals surface area contributed by atoms with Crippen molar-refractivity contribution in [1.29, 1.82) is 0 Å². The fraction of sp³-hybridized carbons (Fsp3) is 0.435. The first-order chi connectivity index (χ1) is 13.2. The second-order valence-corrected chi connectivity index (χ2v) is 9.27. The molecule has 2 fully saturated rings. The van der Waals surface area contributed by atoms with E-state index in [4.69, 9.17) is 9.40 Å². The number of hydrogen-bond donors (Lipinski definition) is 0. The van der Waals surface area contributed by atoms with Gasteiger partial charge in [-0.2, -0.15) is 0 Å². The minimum absolute atomic E-state index is 0.106. The summed E-state index contributed by atoms with van der Waals surface area (Å²) in [4.78, 5) is 32.0. The lowest BCUT2D eigenvalue weighted by Crippen LogP contribution is -2.62. The van der Waals surface area contributed by atoms with Crippen LogP contribution in [-0.2, 0) is 15.0 Å². The summed E-state index contributed by atoms with van der Waals surface area (Å²) in [5.74, 6) is 0.309. The largest absolute Gasteiger partial charge is 0.440 e. The van der Waals surface area contributed by atoms with Gasteiger partial charge in [0.25, 0.3) is 5.91 Å². The van der Waals surface area contributed by atoms with E-state index < -0.39 is 5.41 Å². The Kier molecular flexibility index (Phi) is 4.11. The van der Waals surface area contributed by atoms with E-state index in [2.05, 4.69) is 20.4 Å². The Morgan fingerprint density at radius 2 is 1.89 bits per heavy atom. The fourth-order valence-corrected chi connectivity index (χ4v) is 5.67. The van der Waals surface area contributed by atoms with Crippen LogP contribution >= 0.6 is 0 Å². The third kappa shape index (κ3) is 2.89. The lowest BCUT2D eigenvalue weighted by Gasteiger charge is -2.56. The standard InChI is InChI=1S/C23H26N2O3/c1-5-6-11-18(26)25-15-21(2)12-22(3,14-23(4,13-21)20(25)27)19-24-16-9-7-8-10-17(16)28-19/h5-11H,1,12-15H2,2-4H3/b11-6+/t21-,22+,23-/m1/s1. The van der Waals surface area contributed by atoms with Crippen molar-refractivity contribution in [1.82, 2.24) is 9.88 Å². The molecule has 0 radical (unpaired) electrons. The first-order valence-electron chi connectivity index (χ1n) is 9.69. The second kappa shape index (κ2) is 6.16. The van der Waals surface area contributed by atoms with Gasteiger partial charge in [-0.1, -0.05) is 51.6 Å². The maximum atomic E-state index is 13.3. The van der Waals surface area contributed by atoms with E-state index >= 15 is 0 Å². The molecule has 146 valence electrons. The first-order valence-corrected chi connectivity index (χ1v) is 9.69. The van der Waals surface area contributed by atoms with Gasteiger partial charge in [0, 0.05) is 23.5 Å². The van der Waals surface area contributed by atoms with Crippen LogP contribution in [0, 0.1) is 10.8 Å². The van der Waals surface area contributed by atoms with Crippen molar-refractivity contribution in [3.8, 4) is 0 Å².